The first-order chi connectivity index (χ1) is 8.52. The Morgan fingerprint density at radius 1 is 1.44 bits per heavy atom. The van der Waals surface area contributed by atoms with Crippen LogP contribution in [-0.2, 0) is 11.2 Å². The number of nitrogens with zero attached hydrogens (tertiary/aromatic N) is 2. The number of aromatic nitrogens is 2. The lowest BCUT2D eigenvalue weighted by molar-refractivity contribution is -0.136. The van der Waals surface area contributed by atoms with Crippen molar-refractivity contribution in [2.45, 2.75) is 6.42 Å². The number of carboxylic acids is 2. The zero-order chi connectivity index (χ0) is 13.3. The molecule has 7 nitrogen and oxygen atoms in total. The Morgan fingerprint density at radius 2 is 2.17 bits per heavy atom. The SMILES string of the molecule is COc1ccn2c(CC(=O)O)nc(C(=O)O)c2c1. The van der Waals surface area contributed by atoms with E-state index in [1.807, 2.05) is 0 Å². The van der Waals surface area contributed by atoms with Crippen molar-refractivity contribution >= 4 is 17.5 Å². The molecule has 0 aliphatic rings. The molecule has 0 aliphatic carbocycles. The molecule has 2 rings (SSSR count). The van der Waals surface area contributed by atoms with Crippen LogP contribution in [0, 0.1) is 0 Å². The smallest absolute Gasteiger partial charge is 0.356 e. The summed E-state index contributed by atoms with van der Waals surface area (Å²) < 4.78 is 6.43. The molecule has 0 unspecified atom stereocenters. The molecular weight excluding hydrogens is 240 g/mol. The summed E-state index contributed by atoms with van der Waals surface area (Å²) in [5, 5.41) is 17.8. The fraction of sp³-hybridized carbons (Fsp3) is 0.182. The largest absolute Gasteiger partial charge is 0.497 e. The highest BCUT2D eigenvalue weighted by atomic mass is 16.5. The minimum atomic E-state index is -1.21. The number of pyridine rings is 1. The molecule has 0 saturated heterocycles. The van der Waals surface area contributed by atoms with Gasteiger partial charge in [-0.2, -0.15) is 0 Å². The van der Waals surface area contributed by atoms with E-state index in [1.165, 1.54) is 23.8 Å². The second-order valence-corrected chi connectivity index (χ2v) is 3.57. The topological polar surface area (TPSA) is 101 Å². The lowest BCUT2D eigenvalue weighted by Gasteiger charge is -2.02. The van der Waals surface area contributed by atoms with Gasteiger partial charge in [0.1, 0.15) is 18.0 Å². The maximum absolute atomic E-state index is 11.0. The quantitative estimate of drug-likeness (QED) is 0.826. The van der Waals surface area contributed by atoms with Gasteiger partial charge in [0.05, 0.1) is 12.6 Å². The summed E-state index contributed by atoms with van der Waals surface area (Å²) in [7, 11) is 1.46. The van der Waals surface area contributed by atoms with Gasteiger partial charge in [-0.15, -0.1) is 0 Å². The standard InChI is InChI=1S/C11H10N2O5/c1-18-6-2-3-13-7(4-6)10(11(16)17)12-8(13)5-9(14)15/h2-4H,5H2,1H3,(H,14,15)(H,16,17). The summed E-state index contributed by atoms with van der Waals surface area (Å²) in [6.07, 6.45) is 1.19. The van der Waals surface area contributed by atoms with Crippen molar-refractivity contribution < 1.29 is 24.5 Å². The Kier molecular flexibility index (Phi) is 2.88. The molecule has 94 valence electrons. The molecular formula is C11H10N2O5. The maximum Gasteiger partial charge on any atom is 0.356 e. The first-order valence-corrected chi connectivity index (χ1v) is 5.03. The Balaban J connectivity index is 2.67. The summed E-state index contributed by atoms with van der Waals surface area (Å²) >= 11 is 0. The average molecular weight is 250 g/mol. The second kappa shape index (κ2) is 4.36. The van der Waals surface area contributed by atoms with E-state index in [9.17, 15) is 9.59 Å². The van der Waals surface area contributed by atoms with Gasteiger partial charge in [0, 0.05) is 12.3 Å². The zero-order valence-electron chi connectivity index (χ0n) is 9.45. The number of methoxy groups -OCH3 is 1. The van der Waals surface area contributed by atoms with E-state index in [4.69, 9.17) is 14.9 Å². The lowest BCUT2D eigenvalue weighted by Crippen LogP contribution is -2.04. The first kappa shape index (κ1) is 11.9. The molecule has 0 amide bonds. The van der Waals surface area contributed by atoms with Gasteiger partial charge in [-0.25, -0.2) is 9.78 Å². The fourth-order valence-electron chi connectivity index (χ4n) is 1.67. The van der Waals surface area contributed by atoms with Crippen LogP contribution in [0.1, 0.15) is 16.3 Å². The molecule has 7 heteroatoms. The van der Waals surface area contributed by atoms with Gasteiger partial charge in [-0.3, -0.25) is 4.79 Å². The highest BCUT2D eigenvalue weighted by molar-refractivity contribution is 5.94. The molecule has 0 aliphatic heterocycles. The average Bonchev–Trinajstić information content (AvgIpc) is 2.66. The molecule has 2 heterocycles. The lowest BCUT2D eigenvalue weighted by atomic mass is 10.3. The number of hydrogen-bond acceptors (Lipinski definition) is 4. The first-order valence-electron chi connectivity index (χ1n) is 5.03. The Labute approximate surface area is 101 Å². The molecule has 0 saturated carbocycles. The Morgan fingerprint density at radius 3 is 2.72 bits per heavy atom. The van der Waals surface area contributed by atoms with E-state index in [-0.39, 0.29) is 17.9 Å². The summed E-state index contributed by atoms with van der Waals surface area (Å²) in [5.41, 5.74) is 0.114. The summed E-state index contributed by atoms with van der Waals surface area (Å²) in [5.74, 6) is -1.64. The minimum Gasteiger partial charge on any atom is -0.497 e. The van der Waals surface area contributed by atoms with E-state index in [2.05, 4.69) is 4.98 Å². The third kappa shape index (κ3) is 1.97. The van der Waals surface area contributed by atoms with Crippen LogP contribution in [0.5, 0.6) is 5.75 Å². The van der Waals surface area contributed by atoms with Crippen molar-refractivity contribution in [2.24, 2.45) is 0 Å². The predicted molar refractivity (Wildman–Crippen MR) is 60.0 cm³/mol. The van der Waals surface area contributed by atoms with Crippen LogP contribution < -0.4 is 4.74 Å². The number of carbonyl (C=O) groups is 2. The molecule has 0 radical (unpaired) electrons. The van der Waals surface area contributed by atoms with Gasteiger partial charge in [0.2, 0.25) is 0 Å². The number of ether oxygens (including phenoxy) is 1. The van der Waals surface area contributed by atoms with Crippen molar-refractivity contribution in [3.8, 4) is 5.75 Å². The molecule has 0 atom stereocenters. The number of fused-ring (bicyclic) bond motifs is 1. The van der Waals surface area contributed by atoms with Gasteiger partial charge >= 0.3 is 11.9 Å². The van der Waals surface area contributed by atoms with E-state index >= 15 is 0 Å². The number of aromatic carboxylic acids is 1. The molecule has 2 aromatic heterocycles. The molecule has 18 heavy (non-hydrogen) atoms. The molecule has 0 fully saturated rings. The molecule has 0 spiro atoms. The third-order valence-electron chi connectivity index (χ3n) is 2.44. The van der Waals surface area contributed by atoms with Crippen molar-refractivity contribution in [2.75, 3.05) is 7.11 Å². The third-order valence-corrected chi connectivity index (χ3v) is 2.44. The zero-order valence-corrected chi connectivity index (χ0v) is 9.45. The summed E-state index contributed by atoms with van der Waals surface area (Å²) in [6.45, 7) is 0. The minimum absolute atomic E-state index is 0.164. The predicted octanol–water partition coefficient (Wildman–Crippen LogP) is 0.668. The van der Waals surface area contributed by atoms with Gasteiger partial charge in [0.15, 0.2) is 5.69 Å². The number of rotatable bonds is 4. The van der Waals surface area contributed by atoms with Crippen LogP contribution in [0.3, 0.4) is 0 Å². The number of imidazole rings is 1. The van der Waals surface area contributed by atoms with Crippen molar-refractivity contribution in [3.63, 3.8) is 0 Å². The van der Waals surface area contributed by atoms with Crippen molar-refractivity contribution in [1.29, 1.82) is 0 Å². The van der Waals surface area contributed by atoms with Crippen LogP contribution in [0.4, 0.5) is 0 Å². The summed E-state index contributed by atoms with van der Waals surface area (Å²) in [4.78, 5) is 25.6. The fourth-order valence-corrected chi connectivity index (χ4v) is 1.67. The van der Waals surface area contributed by atoms with Gasteiger partial charge < -0.3 is 19.4 Å². The summed E-state index contributed by atoms with van der Waals surface area (Å²) in [6, 6.07) is 3.10. The van der Waals surface area contributed by atoms with E-state index in [0.717, 1.165) is 0 Å². The van der Waals surface area contributed by atoms with Crippen molar-refractivity contribution in [1.82, 2.24) is 9.38 Å². The maximum atomic E-state index is 11.0. The highest BCUT2D eigenvalue weighted by Crippen LogP contribution is 2.19. The van der Waals surface area contributed by atoms with Gasteiger partial charge in [-0.1, -0.05) is 0 Å². The van der Waals surface area contributed by atoms with Gasteiger partial charge in [-0.05, 0) is 6.07 Å². The van der Waals surface area contributed by atoms with E-state index in [1.54, 1.807) is 6.07 Å². The number of hydrogen-bond donors (Lipinski definition) is 2. The highest BCUT2D eigenvalue weighted by Gasteiger charge is 2.18. The Bertz CT molecular complexity index is 632. The van der Waals surface area contributed by atoms with Crippen molar-refractivity contribution in [3.05, 3.63) is 29.8 Å². The van der Waals surface area contributed by atoms with E-state index < -0.39 is 11.9 Å². The van der Waals surface area contributed by atoms with Crippen LogP contribution in [-0.4, -0.2) is 38.6 Å². The molecule has 2 aromatic rings. The Hall–Kier alpha value is -2.57. The van der Waals surface area contributed by atoms with Crippen LogP contribution >= 0.6 is 0 Å². The second-order valence-electron chi connectivity index (χ2n) is 3.57. The monoisotopic (exact) mass is 250 g/mol. The molecule has 0 bridgehead atoms. The molecule has 2 N–H and O–H groups in total. The van der Waals surface area contributed by atoms with Gasteiger partial charge in [0.25, 0.3) is 0 Å². The van der Waals surface area contributed by atoms with Crippen LogP contribution in [0.2, 0.25) is 0 Å². The number of carboxylic acid groups (broad SMARTS) is 2. The normalized spacial score (nSPS) is 10.5. The molecule has 0 aromatic carbocycles. The van der Waals surface area contributed by atoms with Crippen LogP contribution in [0.25, 0.3) is 5.52 Å². The van der Waals surface area contributed by atoms with Crippen LogP contribution in [0.15, 0.2) is 18.3 Å². The number of aliphatic carboxylic acids is 1. The van der Waals surface area contributed by atoms with E-state index in [0.29, 0.717) is 11.3 Å².